The molecule has 1 aromatic carbocycles. The Kier molecular flexibility index (Phi) is 4.86. The third-order valence-corrected chi connectivity index (χ3v) is 3.33. The Hall–Kier alpha value is -1.18. The van der Waals surface area contributed by atoms with Gasteiger partial charge in [-0.15, -0.1) is 0 Å². The third kappa shape index (κ3) is 4.29. The molecule has 0 saturated carbocycles. The monoisotopic (exact) mass is 262 g/mol. The van der Waals surface area contributed by atoms with Gasteiger partial charge < -0.3 is 10.5 Å². The van der Waals surface area contributed by atoms with Crippen LogP contribution in [0.2, 0.25) is 0 Å². The number of hydrogen-bond acceptors (Lipinski definition) is 4. The van der Waals surface area contributed by atoms with Gasteiger partial charge in [0.1, 0.15) is 5.82 Å². The highest BCUT2D eigenvalue weighted by molar-refractivity contribution is 7.92. The molecule has 3 N–H and O–H groups in total. The molecule has 0 radical (unpaired) electrons. The number of benzene rings is 1. The average molecular weight is 262 g/mol. The summed E-state index contributed by atoms with van der Waals surface area (Å²) in [5.74, 6) is -0.865. The highest BCUT2D eigenvalue weighted by atomic mass is 32.2. The van der Waals surface area contributed by atoms with E-state index in [1.165, 1.54) is 19.2 Å². The highest BCUT2D eigenvalue weighted by Gasteiger charge is 2.13. The van der Waals surface area contributed by atoms with Crippen molar-refractivity contribution in [3.63, 3.8) is 0 Å². The summed E-state index contributed by atoms with van der Waals surface area (Å²) in [4.78, 5) is 0. The molecule has 7 heteroatoms. The lowest BCUT2D eigenvalue weighted by Crippen LogP contribution is -2.20. The molecule has 0 aliphatic rings. The van der Waals surface area contributed by atoms with E-state index >= 15 is 0 Å². The van der Waals surface area contributed by atoms with Gasteiger partial charge in [-0.2, -0.15) is 0 Å². The third-order valence-electron chi connectivity index (χ3n) is 2.09. The first-order valence-corrected chi connectivity index (χ1v) is 6.61. The molecule has 1 rings (SSSR count). The van der Waals surface area contributed by atoms with Crippen LogP contribution in [-0.2, 0) is 21.3 Å². The maximum Gasteiger partial charge on any atom is 0.235 e. The van der Waals surface area contributed by atoms with E-state index in [9.17, 15) is 12.8 Å². The van der Waals surface area contributed by atoms with Gasteiger partial charge >= 0.3 is 0 Å². The molecular formula is C10H15FN2O3S. The average Bonchev–Trinajstić information content (AvgIpc) is 2.29. The first-order chi connectivity index (χ1) is 7.98. The van der Waals surface area contributed by atoms with Crippen molar-refractivity contribution in [2.45, 2.75) is 6.54 Å². The number of methoxy groups -OCH3 is 1. The Bertz CT molecular complexity index is 476. The Morgan fingerprint density at radius 1 is 1.47 bits per heavy atom. The zero-order chi connectivity index (χ0) is 12.9. The van der Waals surface area contributed by atoms with Crippen molar-refractivity contribution in [3.05, 3.63) is 29.6 Å². The van der Waals surface area contributed by atoms with Crippen LogP contribution in [0, 0.1) is 5.82 Å². The molecule has 0 amide bonds. The molecule has 0 heterocycles. The van der Waals surface area contributed by atoms with Crippen LogP contribution < -0.4 is 10.5 Å². The van der Waals surface area contributed by atoms with Gasteiger partial charge in [-0.05, 0) is 17.7 Å². The zero-order valence-corrected chi connectivity index (χ0v) is 10.3. The standard InChI is InChI=1S/C10H15FN2O3S/c1-16-4-5-17(14,15)13-10-3-2-8(7-12)6-9(10)11/h2-3,6,13H,4-5,7,12H2,1H3. The number of anilines is 1. The smallest absolute Gasteiger partial charge is 0.235 e. The minimum Gasteiger partial charge on any atom is -0.384 e. The molecule has 0 aromatic heterocycles. The fourth-order valence-corrected chi connectivity index (χ4v) is 2.17. The SMILES string of the molecule is COCCS(=O)(=O)Nc1ccc(CN)cc1F. The Morgan fingerprint density at radius 3 is 2.71 bits per heavy atom. The van der Waals surface area contributed by atoms with Crippen LogP contribution in [0.5, 0.6) is 0 Å². The largest absolute Gasteiger partial charge is 0.384 e. The minimum atomic E-state index is -3.59. The van der Waals surface area contributed by atoms with Crippen molar-refractivity contribution in [2.75, 3.05) is 24.2 Å². The van der Waals surface area contributed by atoms with E-state index in [0.29, 0.717) is 5.56 Å². The van der Waals surface area contributed by atoms with E-state index < -0.39 is 15.8 Å². The molecule has 0 spiro atoms. The summed E-state index contributed by atoms with van der Waals surface area (Å²) in [6, 6.07) is 4.12. The van der Waals surface area contributed by atoms with Gasteiger partial charge in [0.2, 0.25) is 10.0 Å². The van der Waals surface area contributed by atoms with Crippen molar-refractivity contribution in [1.29, 1.82) is 0 Å². The maximum atomic E-state index is 13.5. The van der Waals surface area contributed by atoms with Crippen LogP contribution in [0.4, 0.5) is 10.1 Å². The van der Waals surface area contributed by atoms with Gasteiger partial charge in [0.15, 0.2) is 0 Å². The fourth-order valence-electron chi connectivity index (χ4n) is 1.18. The molecule has 0 unspecified atom stereocenters. The number of rotatable bonds is 6. The quantitative estimate of drug-likeness (QED) is 0.789. The number of halogens is 1. The van der Waals surface area contributed by atoms with Crippen LogP contribution in [0.15, 0.2) is 18.2 Å². The van der Waals surface area contributed by atoms with E-state index in [1.54, 1.807) is 6.07 Å². The molecule has 0 saturated heterocycles. The summed E-state index contributed by atoms with van der Waals surface area (Å²) < 4.78 is 43.2. The normalized spacial score (nSPS) is 11.5. The summed E-state index contributed by atoms with van der Waals surface area (Å²) in [6.45, 7) is 0.255. The van der Waals surface area contributed by atoms with Gasteiger partial charge in [-0.25, -0.2) is 12.8 Å². The van der Waals surface area contributed by atoms with E-state index in [2.05, 4.69) is 9.46 Å². The number of sulfonamides is 1. The summed E-state index contributed by atoms with van der Waals surface area (Å²) in [5.41, 5.74) is 5.85. The Labute approximate surface area is 99.8 Å². The van der Waals surface area contributed by atoms with E-state index in [-0.39, 0.29) is 24.6 Å². The van der Waals surface area contributed by atoms with Crippen molar-refractivity contribution < 1.29 is 17.5 Å². The number of hydrogen-bond donors (Lipinski definition) is 2. The van der Waals surface area contributed by atoms with Gasteiger partial charge in [-0.1, -0.05) is 6.07 Å². The molecule has 0 aliphatic carbocycles. The second kappa shape index (κ2) is 5.95. The zero-order valence-electron chi connectivity index (χ0n) is 9.44. The van der Waals surface area contributed by atoms with Crippen LogP contribution in [-0.4, -0.2) is 27.9 Å². The lowest BCUT2D eigenvalue weighted by Gasteiger charge is -2.09. The van der Waals surface area contributed by atoms with Gasteiger partial charge in [0.05, 0.1) is 18.0 Å². The molecule has 17 heavy (non-hydrogen) atoms. The van der Waals surface area contributed by atoms with Crippen LogP contribution in [0.3, 0.4) is 0 Å². The van der Waals surface area contributed by atoms with Crippen molar-refractivity contribution >= 4 is 15.7 Å². The Balaban J connectivity index is 2.81. The molecular weight excluding hydrogens is 247 g/mol. The first-order valence-electron chi connectivity index (χ1n) is 4.96. The Morgan fingerprint density at radius 2 is 2.18 bits per heavy atom. The van der Waals surface area contributed by atoms with Gasteiger partial charge in [-0.3, -0.25) is 4.72 Å². The molecule has 0 aliphatic heterocycles. The topological polar surface area (TPSA) is 81.4 Å². The second-order valence-electron chi connectivity index (χ2n) is 3.43. The predicted octanol–water partition coefficient (Wildman–Crippen LogP) is 0.673. The summed E-state index contributed by atoms with van der Waals surface area (Å²) >= 11 is 0. The van der Waals surface area contributed by atoms with Crippen molar-refractivity contribution in [2.24, 2.45) is 5.73 Å². The molecule has 0 atom stereocenters. The number of nitrogens with two attached hydrogens (primary N) is 1. The second-order valence-corrected chi connectivity index (χ2v) is 5.27. The number of ether oxygens (including phenoxy) is 1. The molecule has 1 aromatic rings. The van der Waals surface area contributed by atoms with Crippen LogP contribution >= 0.6 is 0 Å². The summed E-state index contributed by atoms with van der Waals surface area (Å²) in [5, 5.41) is 0. The van der Waals surface area contributed by atoms with Crippen molar-refractivity contribution in [3.8, 4) is 0 Å². The maximum absolute atomic E-state index is 13.5. The van der Waals surface area contributed by atoms with E-state index in [0.717, 1.165) is 0 Å². The number of nitrogens with one attached hydrogen (secondary N) is 1. The van der Waals surface area contributed by atoms with E-state index in [4.69, 9.17) is 5.73 Å². The molecule has 0 bridgehead atoms. The summed E-state index contributed by atoms with van der Waals surface area (Å²) in [6.07, 6.45) is 0. The van der Waals surface area contributed by atoms with Crippen molar-refractivity contribution in [1.82, 2.24) is 0 Å². The minimum absolute atomic E-state index is 0.0534. The molecule has 5 nitrogen and oxygen atoms in total. The lowest BCUT2D eigenvalue weighted by atomic mass is 10.2. The summed E-state index contributed by atoms with van der Waals surface area (Å²) in [7, 11) is -2.19. The van der Waals surface area contributed by atoms with E-state index in [1.807, 2.05) is 0 Å². The van der Waals surface area contributed by atoms with Crippen LogP contribution in [0.1, 0.15) is 5.56 Å². The van der Waals surface area contributed by atoms with Gasteiger partial charge in [0.25, 0.3) is 0 Å². The first kappa shape index (κ1) is 13.9. The van der Waals surface area contributed by atoms with Crippen LogP contribution in [0.25, 0.3) is 0 Å². The molecule has 96 valence electrons. The lowest BCUT2D eigenvalue weighted by molar-refractivity contribution is 0.217. The fraction of sp³-hybridized carbons (Fsp3) is 0.400. The van der Waals surface area contributed by atoms with Gasteiger partial charge in [0, 0.05) is 13.7 Å². The molecule has 0 fully saturated rings. The predicted molar refractivity (Wildman–Crippen MR) is 63.6 cm³/mol. The highest BCUT2D eigenvalue weighted by Crippen LogP contribution is 2.17.